The van der Waals surface area contributed by atoms with Crippen LogP contribution in [0.1, 0.15) is 60.0 Å². The van der Waals surface area contributed by atoms with Crippen molar-refractivity contribution < 1.29 is 36.9 Å². The van der Waals surface area contributed by atoms with Gasteiger partial charge in [-0.2, -0.15) is 4.39 Å². The molecule has 1 aliphatic rings. The second-order valence-electron chi connectivity index (χ2n) is 8.79. The van der Waals surface area contributed by atoms with Gasteiger partial charge in [0.1, 0.15) is 0 Å². The van der Waals surface area contributed by atoms with E-state index in [0.717, 1.165) is 0 Å². The zero-order chi connectivity index (χ0) is 25.8. The fourth-order valence-electron chi connectivity index (χ4n) is 4.41. The van der Waals surface area contributed by atoms with Crippen LogP contribution in [0, 0.1) is 23.3 Å². The fraction of sp³-hybridized carbons (Fsp3) is 0.321. The molecular weight excluding hydrogens is 476 g/mol. The Morgan fingerprint density at radius 2 is 1.56 bits per heavy atom. The van der Waals surface area contributed by atoms with Gasteiger partial charge >= 0.3 is 5.97 Å². The molecule has 0 atom stereocenters. The van der Waals surface area contributed by atoms with E-state index in [2.05, 4.69) is 0 Å². The molecule has 1 saturated carbocycles. The van der Waals surface area contributed by atoms with Crippen LogP contribution < -0.4 is 4.74 Å². The molecular formula is C28H26F4O4. The molecule has 1 fully saturated rings. The first-order chi connectivity index (χ1) is 17.3. The molecule has 0 spiro atoms. The third-order valence-corrected chi connectivity index (χ3v) is 6.47. The smallest absolute Gasteiger partial charge is 0.343 e. The Labute approximate surface area is 206 Å². The van der Waals surface area contributed by atoms with Crippen molar-refractivity contribution in [1.82, 2.24) is 0 Å². The highest BCUT2D eigenvalue weighted by Crippen LogP contribution is 2.37. The van der Waals surface area contributed by atoms with Gasteiger partial charge in [0, 0.05) is 17.7 Å². The Hall–Kier alpha value is -3.23. The molecule has 1 aliphatic carbocycles. The quantitative estimate of drug-likeness (QED) is 0.222. The lowest BCUT2D eigenvalue weighted by atomic mass is 9.82. The highest BCUT2D eigenvalue weighted by Gasteiger charge is 2.26. The van der Waals surface area contributed by atoms with Gasteiger partial charge in [-0.05, 0) is 67.9 Å². The summed E-state index contributed by atoms with van der Waals surface area (Å²) in [5, 5.41) is 9.63. The molecule has 0 amide bonds. The molecule has 3 aromatic rings. The minimum Gasteiger partial charge on any atom is -0.420 e. The maximum atomic E-state index is 14.7. The SMILES string of the molecule is CCOCc1ccc(-c2ccc(C(=O)Oc3ccc(C4CCC(O)CC4)c(F)c3F)cc2)c(F)c1F. The molecule has 8 heteroatoms. The molecule has 4 rings (SSSR count). The molecule has 4 nitrogen and oxygen atoms in total. The molecule has 3 aromatic carbocycles. The standard InChI is InChI=1S/C28H26F4O4/c1-2-35-15-19-9-12-21(25(30)24(19)29)16-3-5-18(6-4-16)28(34)36-23-14-13-22(26(31)27(23)32)17-7-10-20(33)11-8-17/h3-6,9,12-14,17,20,33H,2,7-8,10-11,15H2,1H3. The van der Waals surface area contributed by atoms with Crippen molar-refractivity contribution in [2.24, 2.45) is 0 Å². The van der Waals surface area contributed by atoms with E-state index in [1.807, 2.05) is 0 Å². The third-order valence-electron chi connectivity index (χ3n) is 6.47. The van der Waals surface area contributed by atoms with Gasteiger partial charge in [0.15, 0.2) is 23.2 Å². The van der Waals surface area contributed by atoms with Crippen LogP contribution in [0.25, 0.3) is 11.1 Å². The Morgan fingerprint density at radius 3 is 2.22 bits per heavy atom. The van der Waals surface area contributed by atoms with E-state index in [-0.39, 0.29) is 34.8 Å². The van der Waals surface area contributed by atoms with Crippen molar-refractivity contribution in [2.45, 2.75) is 51.2 Å². The molecule has 0 unspecified atom stereocenters. The summed E-state index contributed by atoms with van der Waals surface area (Å²) in [5.41, 5.74) is 0.652. The van der Waals surface area contributed by atoms with E-state index < -0.39 is 41.1 Å². The third kappa shape index (κ3) is 5.44. The van der Waals surface area contributed by atoms with Gasteiger partial charge < -0.3 is 14.6 Å². The molecule has 0 aliphatic heterocycles. The van der Waals surface area contributed by atoms with Crippen molar-refractivity contribution >= 4 is 5.97 Å². The Balaban J connectivity index is 1.48. The first-order valence-electron chi connectivity index (χ1n) is 11.8. The van der Waals surface area contributed by atoms with E-state index in [9.17, 15) is 27.5 Å². The normalized spacial score (nSPS) is 17.7. The number of halogens is 4. The lowest BCUT2D eigenvalue weighted by molar-refractivity contribution is 0.0726. The van der Waals surface area contributed by atoms with Gasteiger partial charge in [-0.25, -0.2) is 18.0 Å². The average Bonchev–Trinajstić information content (AvgIpc) is 2.88. The maximum Gasteiger partial charge on any atom is 0.343 e. The number of rotatable bonds is 7. The van der Waals surface area contributed by atoms with Crippen LogP contribution >= 0.6 is 0 Å². The minimum atomic E-state index is -1.26. The van der Waals surface area contributed by atoms with Gasteiger partial charge in [-0.1, -0.05) is 30.3 Å². The minimum absolute atomic E-state index is 0.00611. The van der Waals surface area contributed by atoms with Crippen LogP contribution in [0.5, 0.6) is 5.75 Å². The number of esters is 1. The molecule has 0 saturated heterocycles. The van der Waals surface area contributed by atoms with Crippen LogP contribution in [0.15, 0.2) is 48.5 Å². The number of aliphatic hydroxyl groups is 1. The second kappa shape index (κ2) is 11.2. The van der Waals surface area contributed by atoms with Gasteiger partial charge in [0.05, 0.1) is 18.3 Å². The predicted molar refractivity (Wildman–Crippen MR) is 126 cm³/mol. The summed E-state index contributed by atoms with van der Waals surface area (Å²) in [4.78, 5) is 12.5. The summed E-state index contributed by atoms with van der Waals surface area (Å²) in [7, 11) is 0. The first-order valence-corrected chi connectivity index (χ1v) is 11.8. The lowest BCUT2D eigenvalue weighted by Crippen LogP contribution is -2.18. The van der Waals surface area contributed by atoms with Gasteiger partial charge in [-0.3, -0.25) is 0 Å². The van der Waals surface area contributed by atoms with Crippen molar-refractivity contribution in [1.29, 1.82) is 0 Å². The number of carbonyl (C=O) groups excluding carboxylic acids is 1. The second-order valence-corrected chi connectivity index (χ2v) is 8.79. The summed E-state index contributed by atoms with van der Waals surface area (Å²) >= 11 is 0. The van der Waals surface area contributed by atoms with Gasteiger partial charge in [-0.15, -0.1) is 0 Å². The largest absolute Gasteiger partial charge is 0.420 e. The van der Waals surface area contributed by atoms with Crippen LogP contribution in [0.3, 0.4) is 0 Å². The number of aliphatic hydroxyl groups excluding tert-OH is 1. The van der Waals surface area contributed by atoms with Crippen LogP contribution in [0.2, 0.25) is 0 Å². The van der Waals surface area contributed by atoms with Crippen LogP contribution in [-0.4, -0.2) is 23.8 Å². The van der Waals surface area contributed by atoms with E-state index >= 15 is 0 Å². The van der Waals surface area contributed by atoms with Crippen molar-refractivity contribution in [3.05, 3.63) is 88.5 Å². The Morgan fingerprint density at radius 1 is 0.861 bits per heavy atom. The summed E-state index contributed by atoms with van der Waals surface area (Å²) in [6.45, 7) is 2.07. The molecule has 0 bridgehead atoms. The monoisotopic (exact) mass is 502 g/mol. The summed E-state index contributed by atoms with van der Waals surface area (Å²) in [5.74, 6) is -6.04. The maximum absolute atomic E-state index is 14.7. The highest BCUT2D eigenvalue weighted by molar-refractivity contribution is 5.91. The summed E-state index contributed by atoms with van der Waals surface area (Å²) < 4.78 is 68.5. The molecule has 0 heterocycles. The number of hydrogen-bond acceptors (Lipinski definition) is 4. The van der Waals surface area contributed by atoms with E-state index in [4.69, 9.17) is 9.47 Å². The number of carbonyl (C=O) groups is 1. The number of ether oxygens (including phenoxy) is 2. The topological polar surface area (TPSA) is 55.8 Å². The van der Waals surface area contributed by atoms with Gasteiger partial charge in [0.2, 0.25) is 5.82 Å². The molecule has 0 radical (unpaired) electrons. The number of benzene rings is 3. The van der Waals surface area contributed by atoms with Crippen LogP contribution in [0.4, 0.5) is 17.6 Å². The zero-order valence-electron chi connectivity index (χ0n) is 19.7. The number of hydrogen-bond donors (Lipinski definition) is 1. The summed E-state index contributed by atoms with van der Waals surface area (Å²) in [6, 6.07) is 11.0. The average molecular weight is 503 g/mol. The van der Waals surface area contributed by atoms with Crippen LogP contribution in [-0.2, 0) is 11.3 Å². The molecule has 190 valence electrons. The van der Waals surface area contributed by atoms with Crippen molar-refractivity contribution in [2.75, 3.05) is 6.61 Å². The zero-order valence-corrected chi connectivity index (χ0v) is 19.7. The van der Waals surface area contributed by atoms with E-state index in [1.54, 1.807) is 6.92 Å². The fourth-order valence-corrected chi connectivity index (χ4v) is 4.41. The molecule has 0 aromatic heterocycles. The van der Waals surface area contributed by atoms with Crippen molar-refractivity contribution in [3.63, 3.8) is 0 Å². The Bertz CT molecular complexity index is 1240. The van der Waals surface area contributed by atoms with Gasteiger partial charge in [0.25, 0.3) is 0 Å². The lowest BCUT2D eigenvalue weighted by Gasteiger charge is -2.26. The first kappa shape index (κ1) is 25.9. The molecule has 1 N–H and O–H groups in total. The predicted octanol–water partition coefficient (Wildman–Crippen LogP) is 6.68. The van der Waals surface area contributed by atoms with E-state index in [1.165, 1.54) is 48.5 Å². The highest BCUT2D eigenvalue weighted by atomic mass is 19.2. The van der Waals surface area contributed by atoms with Crippen molar-refractivity contribution in [3.8, 4) is 16.9 Å². The van der Waals surface area contributed by atoms with E-state index in [0.29, 0.717) is 37.9 Å². The molecule has 36 heavy (non-hydrogen) atoms. The Kier molecular flexibility index (Phi) is 8.06. The summed E-state index contributed by atoms with van der Waals surface area (Å²) in [6.07, 6.45) is 1.71.